The van der Waals surface area contributed by atoms with Crippen LogP contribution >= 0.6 is 11.3 Å². The third-order valence-corrected chi connectivity index (χ3v) is 5.88. The summed E-state index contributed by atoms with van der Waals surface area (Å²) in [5, 5.41) is 6.95. The second-order valence-electron chi connectivity index (χ2n) is 5.75. The average Bonchev–Trinajstić information content (AvgIpc) is 3.05. The van der Waals surface area contributed by atoms with Gasteiger partial charge in [-0.2, -0.15) is 0 Å². The van der Waals surface area contributed by atoms with Gasteiger partial charge in [0.05, 0.1) is 13.2 Å². The highest BCUT2D eigenvalue weighted by Crippen LogP contribution is 2.14. The first-order valence-electron chi connectivity index (χ1n) is 7.97. The zero-order valence-electron chi connectivity index (χ0n) is 14.6. The lowest BCUT2D eigenvalue weighted by atomic mass is 10.0. The number of hydrogen-bond acceptors (Lipinski definition) is 6. The summed E-state index contributed by atoms with van der Waals surface area (Å²) in [5.41, 5.74) is 0. The van der Waals surface area contributed by atoms with Crippen LogP contribution in [0.1, 0.15) is 27.2 Å². The lowest BCUT2D eigenvalue weighted by molar-refractivity contribution is -0.120. The Bertz CT molecular complexity index is 644. The Morgan fingerprint density at radius 3 is 2.60 bits per heavy atom. The normalized spacial score (nSPS) is 12.6. The van der Waals surface area contributed by atoms with Gasteiger partial charge in [-0.25, -0.2) is 17.9 Å². The SMILES string of the molecule is CCOC(=O)NC(CNC(=O)CNS(=O)(=O)c1cccs1)CC(C)C. The van der Waals surface area contributed by atoms with Crippen molar-refractivity contribution in [2.75, 3.05) is 19.7 Å². The Morgan fingerprint density at radius 1 is 1.32 bits per heavy atom. The van der Waals surface area contributed by atoms with E-state index in [1.54, 1.807) is 18.4 Å². The number of sulfonamides is 1. The Hall–Kier alpha value is -1.65. The van der Waals surface area contributed by atoms with E-state index in [-0.39, 0.29) is 29.9 Å². The molecule has 1 atom stereocenters. The average molecular weight is 392 g/mol. The van der Waals surface area contributed by atoms with Gasteiger partial charge in [0, 0.05) is 12.6 Å². The zero-order valence-corrected chi connectivity index (χ0v) is 16.2. The highest BCUT2D eigenvalue weighted by atomic mass is 32.2. The lowest BCUT2D eigenvalue weighted by Crippen LogP contribution is -2.46. The molecule has 3 N–H and O–H groups in total. The molecule has 0 aromatic carbocycles. The molecule has 0 saturated carbocycles. The number of carbonyl (C=O) groups excluding carboxylic acids is 2. The molecule has 1 heterocycles. The maximum Gasteiger partial charge on any atom is 0.407 e. The van der Waals surface area contributed by atoms with E-state index in [4.69, 9.17) is 4.74 Å². The minimum atomic E-state index is -3.68. The third kappa shape index (κ3) is 8.32. The van der Waals surface area contributed by atoms with Crippen LogP contribution < -0.4 is 15.4 Å². The second kappa shape index (κ2) is 10.4. The van der Waals surface area contributed by atoms with Crippen molar-refractivity contribution in [2.45, 2.75) is 37.4 Å². The van der Waals surface area contributed by atoms with Crippen molar-refractivity contribution in [3.05, 3.63) is 17.5 Å². The quantitative estimate of drug-likeness (QED) is 0.556. The summed E-state index contributed by atoms with van der Waals surface area (Å²) in [6, 6.07) is 2.79. The van der Waals surface area contributed by atoms with Crippen LogP contribution in [0.4, 0.5) is 4.79 Å². The van der Waals surface area contributed by atoms with Crippen molar-refractivity contribution in [1.82, 2.24) is 15.4 Å². The summed E-state index contributed by atoms with van der Waals surface area (Å²) in [4.78, 5) is 23.4. The first-order chi connectivity index (χ1) is 11.7. The van der Waals surface area contributed by atoms with Gasteiger partial charge in [-0.05, 0) is 30.7 Å². The van der Waals surface area contributed by atoms with Gasteiger partial charge in [0.2, 0.25) is 5.91 Å². The number of rotatable bonds is 10. The van der Waals surface area contributed by atoms with Gasteiger partial charge in [0.1, 0.15) is 4.21 Å². The first-order valence-corrected chi connectivity index (χ1v) is 10.3. The molecule has 1 aromatic rings. The van der Waals surface area contributed by atoms with Crippen LogP contribution in [-0.2, 0) is 19.6 Å². The molecule has 0 saturated heterocycles. The third-order valence-electron chi connectivity index (χ3n) is 3.08. The molecule has 25 heavy (non-hydrogen) atoms. The predicted molar refractivity (Wildman–Crippen MR) is 95.9 cm³/mol. The fourth-order valence-corrected chi connectivity index (χ4v) is 4.07. The standard InChI is InChI=1S/C15H25N3O5S2/c1-4-23-15(20)18-12(8-11(2)3)9-16-13(19)10-17-25(21,22)14-6-5-7-24-14/h5-7,11-12,17H,4,8-10H2,1-3H3,(H,16,19)(H,18,20). The van der Waals surface area contributed by atoms with E-state index in [0.717, 1.165) is 11.3 Å². The molecule has 2 amide bonds. The summed E-state index contributed by atoms with van der Waals surface area (Å²) in [6.07, 6.45) is 0.112. The van der Waals surface area contributed by atoms with Crippen LogP contribution in [0.2, 0.25) is 0 Å². The van der Waals surface area contributed by atoms with E-state index in [0.29, 0.717) is 12.3 Å². The van der Waals surface area contributed by atoms with Crippen LogP contribution in [0, 0.1) is 5.92 Å². The highest BCUT2D eigenvalue weighted by Gasteiger charge is 2.18. The van der Waals surface area contributed by atoms with E-state index >= 15 is 0 Å². The number of amides is 2. The Balaban J connectivity index is 2.46. The molecule has 0 bridgehead atoms. The Morgan fingerprint density at radius 2 is 2.04 bits per heavy atom. The predicted octanol–water partition coefficient (Wildman–Crippen LogP) is 1.30. The minimum Gasteiger partial charge on any atom is -0.450 e. The monoisotopic (exact) mass is 391 g/mol. The molecular weight excluding hydrogens is 366 g/mol. The molecule has 0 aliphatic heterocycles. The fourth-order valence-electron chi connectivity index (χ4n) is 2.05. The van der Waals surface area contributed by atoms with Crippen molar-refractivity contribution >= 4 is 33.4 Å². The Labute approximate surface area is 152 Å². The maximum absolute atomic E-state index is 11.9. The van der Waals surface area contributed by atoms with Gasteiger partial charge in [0.15, 0.2) is 0 Å². The van der Waals surface area contributed by atoms with Gasteiger partial charge in [-0.3, -0.25) is 4.79 Å². The molecule has 1 unspecified atom stereocenters. The highest BCUT2D eigenvalue weighted by molar-refractivity contribution is 7.91. The molecule has 1 rings (SSSR count). The molecule has 0 spiro atoms. The molecule has 0 radical (unpaired) electrons. The maximum atomic E-state index is 11.9. The number of thiophene rings is 1. The number of alkyl carbamates (subject to hydrolysis) is 1. The summed E-state index contributed by atoms with van der Waals surface area (Å²) >= 11 is 1.07. The van der Waals surface area contributed by atoms with Gasteiger partial charge >= 0.3 is 6.09 Å². The molecule has 0 fully saturated rings. The van der Waals surface area contributed by atoms with Crippen LogP contribution in [0.5, 0.6) is 0 Å². The van der Waals surface area contributed by atoms with Gasteiger partial charge in [-0.15, -0.1) is 11.3 Å². The van der Waals surface area contributed by atoms with Gasteiger partial charge < -0.3 is 15.4 Å². The number of nitrogens with one attached hydrogen (secondary N) is 3. The summed E-state index contributed by atoms with van der Waals surface area (Å²) in [6.45, 7) is 5.79. The van der Waals surface area contributed by atoms with E-state index in [1.165, 1.54) is 6.07 Å². The van der Waals surface area contributed by atoms with Crippen molar-refractivity contribution < 1.29 is 22.7 Å². The Kier molecular flexibility index (Phi) is 8.87. The molecule has 10 heteroatoms. The number of ether oxygens (including phenoxy) is 1. The van der Waals surface area contributed by atoms with Crippen molar-refractivity contribution in [1.29, 1.82) is 0 Å². The van der Waals surface area contributed by atoms with E-state index in [9.17, 15) is 18.0 Å². The second-order valence-corrected chi connectivity index (χ2v) is 8.69. The smallest absolute Gasteiger partial charge is 0.407 e. The topological polar surface area (TPSA) is 114 Å². The molecule has 8 nitrogen and oxygen atoms in total. The zero-order chi connectivity index (χ0) is 18.9. The largest absolute Gasteiger partial charge is 0.450 e. The first kappa shape index (κ1) is 21.4. The van der Waals surface area contributed by atoms with E-state index in [2.05, 4.69) is 15.4 Å². The van der Waals surface area contributed by atoms with Crippen LogP contribution in [0.25, 0.3) is 0 Å². The number of hydrogen-bond donors (Lipinski definition) is 3. The van der Waals surface area contributed by atoms with Crippen LogP contribution in [0.3, 0.4) is 0 Å². The fraction of sp³-hybridized carbons (Fsp3) is 0.600. The molecular formula is C15H25N3O5S2. The van der Waals surface area contributed by atoms with Gasteiger partial charge in [0.25, 0.3) is 10.0 Å². The summed E-state index contributed by atoms with van der Waals surface area (Å²) in [7, 11) is -3.68. The molecule has 142 valence electrons. The van der Waals surface area contributed by atoms with Crippen molar-refractivity contribution in [2.24, 2.45) is 5.92 Å². The minimum absolute atomic E-state index is 0.155. The van der Waals surface area contributed by atoms with E-state index < -0.39 is 22.0 Å². The van der Waals surface area contributed by atoms with Crippen LogP contribution in [0.15, 0.2) is 21.7 Å². The summed E-state index contributed by atoms with van der Waals surface area (Å²) in [5.74, 6) is -0.166. The molecule has 0 aliphatic rings. The summed E-state index contributed by atoms with van der Waals surface area (Å²) < 4.78 is 31.1. The molecule has 0 aliphatic carbocycles. The van der Waals surface area contributed by atoms with Crippen molar-refractivity contribution in [3.8, 4) is 0 Å². The number of carbonyl (C=O) groups is 2. The van der Waals surface area contributed by atoms with Gasteiger partial charge in [-0.1, -0.05) is 19.9 Å². The lowest BCUT2D eigenvalue weighted by Gasteiger charge is -2.20. The van der Waals surface area contributed by atoms with Crippen LogP contribution in [-0.4, -0.2) is 46.2 Å². The van der Waals surface area contributed by atoms with Crippen molar-refractivity contribution in [3.63, 3.8) is 0 Å². The molecule has 1 aromatic heterocycles. The van der Waals surface area contributed by atoms with E-state index in [1.807, 2.05) is 13.8 Å².